The number of likely N-dealkylation sites (N-methyl/N-ethyl adjacent to an activating group) is 1. The second kappa shape index (κ2) is 9.79. The fourth-order valence-corrected chi connectivity index (χ4v) is 4.97. The third-order valence-corrected chi connectivity index (χ3v) is 6.80. The number of nitrogens with zero attached hydrogens (tertiary/aromatic N) is 1. The number of carbonyl (C=O) groups is 2. The Balaban J connectivity index is 1.71. The van der Waals surface area contributed by atoms with Crippen LogP contribution in [0.15, 0.2) is 53.5 Å². The Morgan fingerprint density at radius 1 is 1.32 bits per heavy atom. The topological polar surface area (TPSA) is 143 Å². The van der Waals surface area contributed by atoms with Gasteiger partial charge in [-0.15, -0.1) is 0 Å². The Morgan fingerprint density at radius 2 is 2.06 bits per heavy atom. The first-order chi connectivity index (χ1) is 16.2. The van der Waals surface area contributed by atoms with E-state index in [0.717, 1.165) is 6.08 Å². The molecule has 5 atom stereocenters. The summed E-state index contributed by atoms with van der Waals surface area (Å²) in [6.45, 7) is 0.414. The zero-order valence-corrected chi connectivity index (χ0v) is 19.3. The maximum Gasteiger partial charge on any atom is 0.325 e. The highest BCUT2D eigenvalue weighted by Gasteiger charge is 2.50. The summed E-state index contributed by atoms with van der Waals surface area (Å²) in [6.07, 6.45) is 1.19. The number of esters is 1. The third-order valence-electron chi connectivity index (χ3n) is 6.47. The summed E-state index contributed by atoms with van der Waals surface area (Å²) in [5.74, 6) is -2.86. The van der Waals surface area contributed by atoms with E-state index in [-0.39, 0.29) is 22.9 Å². The van der Waals surface area contributed by atoms with E-state index < -0.39 is 48.4 Å². The number of ether oxygens (including phenoxy) is 2. The molecule has 9 nitrogen and oxygen atoms in total. The minimum Gasteiger partial charge on any atom is -0.507 e. The number of hydrogen-bond acceptors (Lipinski definition) is 9. The van der Waals surface area contributed by atoms with Crippen LogP contribution in [0, 0.1) is 11.8 Å². The van der Waals surface area contributed by atoms with E-state index in [4.69, 9.17) is 26.8 Å². The van der Waals surface area contributed by atoms with Gasteiger partial charge in [0.15, 0.2) is 5.78 Å². The van der Waals surface area contributed by atoms with Crippen molar-refractivity contribution in [1.29, 1.82) is 0 Å². The summed E-state index contributed by atoms with van der Waals surface area (Å²) in [6, 6.07) is 5.72. The highest BCUT2D eigenvalue weighted by atomic mass is 35.5. The normalized spacial score (nSPS) is 28.4. The van der Waals surface area contributed by atoms with Gasteiger partial charge in [-0.05, 0) is 32.1 Å². The van der Waals surface area contributed by atoms with Gasteiger partial charge in [0.1, 0.15) is 35.5 Å². The Hall–Kier alpha value is -2.85. The van der Waals surface area contributed by atoms with Crippen LogP contribution in [-0.4, -0.2) is 77.0 Å². The number of aliphatic hydroxyl groups excluding tert-OH is 3. The number of aliphatic hydroxyl groups is 3. The molecule has 3 aliphatic rings. The fourth-order valence-electron chi connectivity index (χ4n) is 4.74. The van der Waals surface area contributed by atoms with Gasteiger partial charge in [0, 0.05) is 30.2 Å². The zero-order valence-electron chi connectivity index (χ0n) is 18.6. The predicted molar refractivity (Wildman–Crippen MR) is 124 cm³/mol. The monoisotopic (exact) mass is 490 g/mol. The number of benzene rings is 1. The number of nitrogens with two attached hydrogens (primary N) is 1. The van der Waals surface area contributed by atoms with E-state index in [9.17, 15) is 24.9 Å². The highest BCUT2D eigenvalue weighted by Crippen LogP contribution is 2.44. The molecule has 0 radical (unpaired) electrons. The Morgan fingerprint density at radius 3 is 2.76 bits per heavy atom. The maximum atomic E-state index is 13.2. The molecule has 10 heteroatoms. The van der Waals surface area contributed by atoms with E-state index >= 15 is 0 Å². The Labute approximate surface area is 201 Å². The van der Waals surface area contributed by atoms with Gasteiger partial charge >= 0.3 is 5.97 Å². The lowest BCUT2D eigenvalue weighted by atomic mass is 9.71. The molecule has 5 N–H and O–H groups in total. The summed E-state index contributed by atoms with van der Waals surface area (Å²) < 4.78 is 11.8. The van der Waals surface area contributed by atoms with Crippen LogP contribution >= 0.6 is 11.6 Å². The summed E-state index contributed by atoms with van der Waals surface area (Å²) in [4.78, 5) is 27.5. The van der Waals surface area contributed by atoms with E-state index in [1.807, 2.05) is 11.9 Å². The van der Waals surface area contributed by atoms with Crippen molar-refractivity contribution in [2.24, 2.45) is 17.6 Å². The smallest absolute Gasteiger partial charge is 0.325 e. The van der Waals surface area contributed by atoms with Crippen molar-refractivity contribution in [2.45, 2.75) is 24.7 Å². The molecule has 0 aromatic heterocycles. The molecule has 1 saturated heterocycles. The van der Waals surface area contributed by atoms with Gasteiger partial charge in [-0.2, -0.15) is 0 Å². The molecule has 1 aromatic carbocycles. The minimum atomic E-state index is -1.20. The number of piperidine rings is 1. The fraction of sp³-hybridized carbons (Fsp3) is 0.417. The number of fused-ring (bicyclic) bond motifs is 1. The zero-order chi connectivity index (χ0) is 24.6. The van der Waals surface area contributed by atoms with Crippen molar-refractivity contribution >= 4 is 29.1 Å². The molecular formula is C24H27ClN2O7. The van der Waals surface area contributed by atoms with Crippen LogP contribution in [0.2, 0.25) is 5.02 Å². The standard InChI is InChI=1S/C24H27ClN2O7/c1-27-7-6-13(20(10-27)34-24(32)15(26)11-28)21-16(29)8-17(30)22-18(31)9-19(33-23(21)22)12-4-2-3-5-14(12)25/h2-5,8-9,13,15,20-21,23,28,30-31H,6-7,10-11,26H2,1H3/t13-,15-,20+,21?,23?/m0/s1. The van der Waals surface area contributed by atoms with E-state index in [0.29, 0.717) is 30.1 Å². The molecule has 34 heavy (non-hydrogen) atoms. The van der Waals surface area contributed by atoms with Crippen LogP contribution < -0.4 is 5.73 Å². The van der Waals surface area contributed by atoms with E-state index in [1.165, 1.54) is 6.08 Å². The quantitative estimate of drug-likeness (QED) is 0.453. The number of rotatable bonds is 5. The summed E-state index contributed by atoms with van der Waals surface area (Å²) in [5.41, 5.74) is 6.24. The van der Waals surface area contributed by atoms with Gasteiger partial charge in [-0.3, -0.25) is 9.59 Å². The van der Waals surface area contributed by atoms with Crippen LogP contribution in [0.5, 0.6) is 0 Å². The molecule has 4 rings (SSSR count). The first-order valence-corrected chi connectivity index (χ1v) is 11.4. The van der Waals surface area contributed by atoms with Crippen LogP contribution in [0.25, 0.3) is 5.76 Å². The van der Waals surface area contributed by atoms with Gasteiger partial charge in [0.25, 0.3) is 0 Å². The third kappa shape index (κ3) is 4.56. The molecule has 1 aliphatic carbocycles. The first-order valence-electron chi connectivity index (χ1n) is 11.0. The molecule has 2 unspecified atom stereocenters. The highest BCUT2D eigenvalue weighted by molar-refractivity contribution is 6.32. The van der Waals surface area contributed by atoms with Crippen LogP contribution in [-0.2, 0) is 19.1 Å². The number of ketones is 1. The van der Waals surface area contributed by atoms with Gasteiger partial charge in [-0.25, -0.2) is 0 Å². The number of likely N-dealkylation sites (tertiary alicyclic amines) is 1. The molecule has 1 fully saturated rings. The number of allylic oxidation sites excluding steroid dienone is 2. The van der Waals surface area contributed by atoms with Gasteiger partial charge < -0.3 is 35.4 Å². The molecule has 1 aromatic rings. The van der Waals surface area contributed by atoms with Gasteiger partial charge in [0.2, 0.25) is 0 Å². The average Bonchev–Trinajstić information content (AvgIpc) is 2.79. The van der Waals surface area contributed by atoms with Crippen molar-refractivity contribution in [3.05, 3.63) is 64.1 Å². The number of halogens is 1. The van der Waals surface area contributed by atoms with Gasteiger partial charge in [-0.1, -0.05) is 23.7 Å². The van der Waals surface area contributed by atoms with Crippen molar-refractivity contribution in [2.75, 3.05) is 26.7 Å². The molecular weight excluding hydrogens is 464 g/mol. The summed E-state index contributed by atoms with van der Waals surface area (Å²) in [5, 5.41) is 30.9. The Kier molecular flexibility index (Phi) is 6.99. The maximum absolute atomic E-state index is 13.2. The molecule has 0 bridgehead atoms. The van der Waals surface area contributed by atoms with Crippen molar-refractivity contribution < 1.29 is 34.4 Å². The predicted octanol–water partition coefficient (Wildman–Crippen LogP) is 1.72. The molecule has 2 heterocycles. The SMILES string of the molecule is CN1CC[C@H](C2C(=O)C=C(O)C3=C(O)C=C(c4ccccc4Cl)OC32)[C@H](OC(=O)[C@@H](N)CO)C1. The van der Waals surface area contributed by atoms with Crippen LogP contribution in [0.1, 0.15) is 12.0 Å². The number of carbonyl (C=O) groups excluding carboxylic acids is 2. The van der Waals surface area contributed by atoms with Crippen molar-refractivity contribution in [1.82, 2.24) is 4.90 Å². The lowest BCUT2D eigenvalue weighted by molar-refractivity contribution is -0.162. The Bertz CT molecular complexity index is 1080. The first kappa shape index (κ1) is 24.3. The average molecular weight is 491 g/mol. The van der Waals surface area contributed by atoms with E-state index in [1.54, 1.807) is 24.3 Å². The molecule has 182 valence electrons. The lowest BCUT2D eigenvalue weighted by Crippen LogP contribution is -2.54. The molecule has 0 amide bonds. The molecule has 0 spiro atoms. The molecule has 0 saturated carbocycles. The number of hydrogen-bond donors (Lipinski definition) is 4. The van der Waals surface area contributed by atoms with Crippen molar-refractivity contribution in [3.8, 4) is 0 Å². The lowest BCUT2D eigenvalue weighted by Gasteiger charge is -2.44. The van der Waals surface area contributed by atoms with E-state index in [2.05, 4.69) is 0 Å². The van der Waals surface area contributed by atoms with Crippen LogP contribution in [0.4, 0.5) is 0 Å². The molecule has 2 aliphatic heterocycles. The minimum absolute atomic E-state index is 0.0940. The second-order valence-electron chi connectivity index (χ2n) is 8.76. The second-order valence-corrected chi connectivity index (χ2v) is 9.17. The van der Waals surface area contributed by atoms with Crippen LogP contribution in [0.3, 0.4) is 0 Å². The summed E-state index contributed by atoms with van der Waals surface area (Å²) >= 11 is 6.32. The van der Waals surface area contributed by atoms with Crippen molar-refractivity contribution in [3.63, 3.8) is 0 Å². The van der Waals surface area contributed by atoms with Gasteiger partial charge in [0.05, 0.1) is 23.1 Å². The summed E-state index contributed by atoms with van der Waals surface area (Å²) in [7, 11) is 1.87. The largest absolute Gasteiger partial charge is 0.507 e.